The minimum atomic E-state index is -2.94. The van der Waals surface area contributed by atoms with Gasteiger partial charge in [-0.1, -0.05) is 36.4 Å². The zero-order chi connectivity index (χ0) is 24.5. The van der Waals surface area contributed by atoms with Gasteiger partial charge in [-0.25, -0.2) is 27.2 Å². The minimum Gasteiger partial charge on any atom is -0.465 e. The first-order chi connectivity index (χ1) is 16.1. The molecule has 0 N–H and O–H groups in total. The molecule has 1 heterocycles. The van der Waals surface area contributed by atoms with Crippen LogP contribution in [0, 0.1) is 5.41 Å². The predicted molar refractivity (Wildman–Crippen MR) is 115 cm³/mol. The molecule has 4 rings (SSSR count). The van der Waals surface area contributed by atoms with E-state index in [1.54, 1.807) is 24.3 Å². The molecule has 0 unspecified atom stereocenters. The highest BCUT2D eigenvalue weighted by Crippen LogP contribution is 2.60. The highest BCUT2D eigenvalue weighted by molar-refractivity contribution is 5.89. The van der Waals surface area contributed by atoms with E-state index in [-0.39, 0.29) is 43.5 Å². The van der Waals surface area contributed by atoms with E-state index in [1.807, 2.05) is 6.07 Å². The van der Waals surface area contributed by atoms with Crippen molar-refractivity contribution in [2.75, 3.05) is 13.7 Å². The lowest BCUT2D eigenvalue weighted by Gasteiger charge is -2.54. The summed E-state index contributed by atoms with van der Waals surface area (Å²) in [5, 5.41) is 0. The number of halogens is 4. The summed E-state index contributed by atoms with van der Waals surface area (Å²) in [5.74, 6) is -3.56. The first-order valence-corrected chi connectivity index (χ1v) is 11.0. The fraction of sp³-hybridized carbons (Fsp3) is 0.440. The molecule has 1 saturated carbocycles. The number of amides is 1. The van der Waals surface area contributed by atoms with Gasteiger partial charge in [0, 0.05) is 24.9 Å². The Labute approximate surface area is 194 Å². The number of piperidine rings is 1. The van der Waals surface area contributed by atoms with Gasteiger partial charge in [0.1, 0.15) is 6.61 Å². The van der Waals surface area contributed by atoms with Crippen LogP contribution < -0.4 is 0 Å². The number of nitrogens with zero attached hydrogens (tertiary/aromatic N) is 1. The van der Waals surface area contributed by atoms with Gasteiger partial charge in [-0.05, 0) is 41.5 Å². The second kappa shape index (κ2) is 9.27. The Bertz CT molecular complexity index is 1050. The van der Waals surface area contributed by atoms with Crippen molar-refractivity contribution in [3.8, 4) is 0 Å². The van der Waals surface area contributed by atoms with E-state index in [0.717, 1.165) is 18.7 Å². The molecule has 182 valence electrons. The molecule has 9 heteroatoms. The lowest BCUT2D eigenvalue weighted by atomic mass is 9.59. The summed E-state index contributed by atoms with van der Waals surface area (Å²) in [4.78, 5) is 26.2. The molecule has 2 aliphatic rings. The molecule has 2 aromatic rings. The molecule has 1 saturated heterocycles. The highest BCUT2D eigenvalue weighted by atomic mass is 19.3. The summed E-state index contributed by atoms with van der Waals surface area (Å²) < 4.78 is 65.7. The van der Waals surface area contributed by atoms with Crippen LogP contribution in [0.5, 0.6) is 0 Å². The Kier molecular flexibility index (Phi) is 6.55. The van der Waals surface area contributed by atoms with Crippen LogP contribution in [-0.2, 0) is 16.1 Å². The van der Waals surface area contributed by atoms with Crippen molar-refractivity contribution in [2.45, 2.75) is 50.7 Å². The number of carbonyl (C=O) groups is 2. The lowest BCUT2D eigenvalue weighted by Crippen LogP contribution is -2.54. The zero-order valence-corrected chi connectivity index (χ0v) is 18.6. The summed E-state index contributed by atoms with van der Waals surface area (Å²) in [5.41, 5.74) is -0.341. The van der Waals surface area contributed by atoms with Crippen LogP contribution in [0.4, 0.5) is 22.4 Å². The number of benzene rings is 2. The monoisotopic (exact) mass is 479 g/mol. The van der Waals surface area contributed by atoms with Crippen LogP contribution in [0.3, 0.4) is 0 Å². The van der Waals surface area contributed by atoms with Crippen molar-refractivity contribution >= 4 is 12.1 Å². The van der Waals surface area contributed by atoms with Gasteiger partial charge in [-0.2, -0.15) is 0 Å². The predicted octanol–water partition coefficient (Wildman–Crippen LogP) is 6.30. The minimum absolute atomic E-state index is 0.00487. The molecule has 2 fully saturated rings. The number of hydrogen-bond donors (Lipinski definition) is 0. The van der Waals surface area contributed by atoms with Gasteiger partial charge in [0.25, 0.3) is 6.43 Å². The largest absolute Gasteiger partial charge is 0.465 e. The second-order valence-corrected chi connectivity index (χ2v) is 9.05. The van der Waals surface area contributed by atoms with Crippen molar-refractivity contribution < 1.29 is 36.6 Å². The van der Waals surface area contributed by atoms with E-state index >= 15 is 0 Å². The van der Waals surface area contributed by atoms with E-state index in [0.29, 0.717) is 6.42 Å². The second-order valence-electron chi connectivity index (χ2n) is 9.05. The number of ether oxygens (including phenoxy) is 2. The van der Waals surface area contributed by atoms with Crippen molar-refractivity contribution in [2.24, 2.45) is 5.41 Å². The molecule has 0 radical (unpaired) electrons. The van der Waals surface area contributed by atoms with Gasteiger partial charge < -0.3 is 14.4 Å². The summed E-state index contributed by atoms with van der Waals surface area (Å²) >= 11 is 0. The number of alkyl halides is 4. The molecule has 1 amide bonds. The maximum Gasteiger partial charge on any atom is 0.410 e. The molecule has 0 bridgehead atoms. The van der Waals surface area contributed by atoms with Gasteiger partial charge in [0.2, 0.25) is 5.92 Å². The quantitative estimate of drug-likeness (QED) is 0.373. The summed E-state index contributed by atoms with van der Waals surface area (Å²) in [6.07, 6.45) is -3.87. The average Bonchev–Trinajstić information content (AvgIpc) is 2.81. The van der Waals surface area contributed by atoms with Crippen molar-refractivity contribution in [3.63, 3.8) is 0 Å². The molecule has 34 heavy (non-hydrogen) atoms. The molecule has 1 aliphatic carbocycles. The first-order valence-electron chi connectivity index (χ1n) is 11.0. The van der Waals surface area contributed by atoms with Crippen LogP contribution in [0.15, 0.2) is 48.5 Å². The fourth-order valence-electron chi connectivity index (χ4n) is 5.11. The van der Waals surface area contributed by atoms with Crippen LogP contribution >= 0.6 is 0 Å². The third kappa shape index (κ3) is 4.88. The summed E-state index contributed by atoms with van der Waals surface area (Å²) in [7, 11) is 1.14. The zero-order valence-electron chi connectivity index (χ0n) is 18.6. The summed E-state index contributed by atoms with van der Waals surface area (Å²) in [6, 6.07) is 11.8. The third-order valence-corrected chi connectivity index (χ3v) is 6.69. The maximum absolute atomic E-state index is 14.0. The molecule has 1 atom stereocenters. The molecular weight excluding hydrogens is 454 g/mol. The smallest absolute Gasteiger partial charge is 0.410 e. The average molecular weight is 479 g/mol. The molecule has 0 aromatic heterocycles. The fourth-order valence-corrected chi connectivity index (χ4v) is 5.11. The highest BCUT2D eigenvalue weighted by Gasteiger charge is 2.59. The van der Waals surface area contributed by atoms with E-state index in [2.05, 4.69) is 4.74 Å². The van der Waals surface area contributed by atoms with E-state index < -0.39 is 41.4 Å². The van der Waals surface area contributed by atoms with Gasteiger partial charge in [-0.3, -0.25) is 0 Å². The standard InChI is InChI=1S/C25H25F4NO4/c1-33-22(31)17-7-8-18(19(11-17)21(26)27)20-12-24(14-25(28,29)15-24)9-10-30(20)23(32)34-13-16-5-3-2-4-6-16/h2-8,11,20-21H,9-10,12-15H2,1H3/t20-/m0/s1. The Morgan fingerprint density at radius 2 is 1.82 bits per heavy atom. The molecule has 2 aromatic carbocycles. The first kappa shape index (κ1) is 24.0. The van der Waals surface area contributed by atoms with Gasteiger partial charge in [0.15, 0.2) is 0 Å². The maximum atomic E-state index is 14.0. The van der Waals surface area contributed by atoms with E-state index in [4.69, 9.17) is 4.74 Å². The normalized spacial score (nSPS) is 20.6. The Morgan fingerprint density at radius 1 is 1.12 bits per heavy atom. The Morgan fingerprint density at radius 3 is 2.44 bits per heavy atom. The van der Waals surface area contributed by atoms with E-state index in [1.165, 1.54) is 17.0 Å². The lowest BCUT2D eigenvalue weighted by molar-refractivity contribution is -0.183. The van der Waals surface area contributed by atoms with E-state index in [9.17, 15) is 27.2 Å². The Hall–Kier alpha value is -3.10. The molecule has 1 aliphatic heterocycles. The van der Waals surface area contributed by atoms with Gasteiger partial charge in [0.05, 0.1) is 18.7 Å². The van der Waals surface area contributed by atoms with Crippen LogP contribution in [0.25, 0.3) is 0 Å². The van der Waals surface area contributed by atoms with Crippen molar-refractivity contribution in [1.29, 1.82) is 0 Å². The van der Waals surface area contributed by atoms with Crippen molar-refractivity contribution in [3.05, 3.63) is 70.8 Å². The summed E-state index contributed by atoms with van der Waals surface area (Å²) in [6.45, 7) is 0.102. The number of carbonyl (C=O) groups excluding carboxylic acids is 2. The van der Waals surface area contributed by atoms with Crippen molar-refractivity contribution in [1.82, 2.24) is 4.90 Å². The number of likely N-dealkylation sites (tertiary alicyclic amines) is 1. The van der Waals surface area contributed by atoms with Gasteiger partial charge >= 0.3 is 12.1 Å². The molecular formula is C25H25F4NO4. The topological polar surface area (TPSA) is 55.8 Å². The molecule has 5 nitrogen and oxygen atoms in total. The van der Waals surface area contributed by atoms with Crippen LogP contribution in [-0.4, -0.2) is 36.5 Å². The van der Waals surface area contributed by atoms with Crippen LogP contribution in [0.2, 0.25) is 0 Å². The Balaban J connectivity index is 1.64. The van der Waals surface area contributed by atoms with Gasteiger partial charge in [-0.15, -0.1) is 0 Å². The number of methoxy groups -OCH3 is 1. The van der Waals surface area contributed by atoms with Crippen LogP contribution in [0.1, 0.15) is 65.2 Å². The number of hydrogen-bond acceptors (Lipinski definition) is 4. The number of esters is 1. The SMILES string of the molecule is COC(=O)c1ccc([C@@H]2CC3(CCN2C(=O)OCc2ccccc2)CC(F)(F)C3)c(C(F)F)c1. The molecule has 1 spiro atoms. The number of rotatable bonds is 5. The third-order valence-electron chi connectivity index (χ3n) is 6.69.